The average Bonchev–Trinajstić information content (AvgIpc) is 2.46. The van der Waals surface area contributed by atoms with Gasteiger partial charge in [0.15, 0.2) is 0 Å². The van der Waals surface area contributed by atoms with E-state index in [0.29, 0.717) is 5.56 Å². The van der Waals surface area contributed by atoms with Gasteiger partial charge in [-0.15, -0.1) is 0 Å². The van der Waals surface area contributed by atoms with Crippen molar-refractivity contribution in [2.24, 2.45) is 0 Å². The SMILES string of the molecule is N#Cc1cccc(C(=O)OCc2c(F)cccc2Cl)c1. The van der Waals surface area contributed by atoms with E-state index in [1.165, 1.54) is 30.3 Å². The van der Waals surface area contributed by atoms with Gasteiger partial charge in [-0.3, -0.25) is 0 Å². The van der Waals surface area contributed by atoms with Crippen molar-refractivity contribution < 1.29 is 13.9 Å². The number of esters is 1. The van der Waals surface area contributed by atoms with E-state index in [1.54, 1.807) is 12.1 Å². The number of nitriles is 1. The third-order valence-corrected chi connectivity index (χ3v) is 2.99. The Labute approximate surface area is 120 Å². The summed E-state index contributed by atoms with van der Waals surface area (Å²) in [7, 11) is 0. The number of benzene rings is 2. The Hall–Kier alpha value is -2.38. The molecule has 0 N–H and O–H groups in total. The van der Waals surface area contributed by atoms with E-state index in [4.69, 9.17) is 21.6 Å². The van der Waals surface area contributed by atoms with Gasteiger partial charge in [0.25, 0.3) is 0 Å². The van der Waals surface area contributed by atoms with E-state index >= 15 is 0 Å². The Morgan fingerprint density at radius 2 is 2.05 bits per heavy atom. The van der Waals surface area contributed by atoms with Crippen LogP contribution in [0.1, 0.15) is 21.5 Å². The maximum Gasteiger partial charge on any atom is 0.338 e. The van der Waals surface area contributed by atoms with Crippen molar-refractivity contribution in [3.63, 3.8) is 0 Å². The maximum absolute atomic E-state index is 13.5. The van der Waals surface area contributed by atoms with Crippen LogP contribution in [-0.2, 0) is 11.3 Å². The molecule has 0 fully saturated rings. The summed E-state index contributed by atoms with van der Waals surface area (Å²) < 4.78 is 18.5. The predicted octanol–water partition coefficient (Wildman–Crippen LogP) is 3.71. The van der Waals surface area contributed by atoms with Crippen LogP contribution < -0.4 is 0 Å². The third-order valence-electron chi connectivity index (χ3n) is 2.64. The first-order valence-electron chi connectivity index (χ1n) is 5.72. The van der Waals surface area contributed by atoms with Gasteiger partial charge in [-0.2, -0.15) is 5.26 Å². The topological polar surface area (TPSA) is 50.1 Å². The van der Waals surface area contributed by atoms with E-state index in [-0.39, 0.29) is 22.8 Å². The minimum Gasteiger partial charge on any atom is -0.457 e. The third kappa shape index (κ3) is 3.14. The van der Waals surface area contributed by atoms with Gasteiger partial charge in [0.1, 0.15) is 12.4 Å². The van der Waals surface area contributed by atoms with Crippen LogP contribution in [0.25, 0.3) is 0 Å². The molecule has 0 saturated carbocycles. The summed E-state index contributed by atoms with van der Waals surface area (Å²) in [4.78, 5) is 11.8. The van der Waals surface area contributed by atoms with Crippen LogP contribution in [0.5, 0.6) is 0 Å². The zero-order valence-corrected chi connectivity index (χ0v) is 11.0. The predicted molar refractivity (Wildman–Crippen MR) is 71.7 cm³/mol. The molecule has 0 aliphatic rings. The lowest BCUT2D eigenvalue weighted by Gasteiger charge is -2.07. The fourth-order valence-corrected chi connectivity index (χ4v) is 1.82. The smallest absolute Gasteiger partial charge is 0.338 e. The number of hydrogen-bond acceptors (Lipinski definition) is 3. The Morgan fingerprint density at radius 1 is 1.30 bits per heavy atom. The van der Waals surface area contributed by atoms with Gasteiger partial charge in [0.2, 0.25) is 0 Å². The molecule has 0 radical (unpaired) electrons. The fraction of sp³-hybridized carbons (Fsp3) is 0.0667. The fourth-order valence-electron chi connectivity index (χ4n) is 1.61. The molecule has 2 aromatic carbocycles. The van der Waals surface area contributed by atoms with Crippen LogP contribution >= 0.6 is 11.6 Å². The second kappa shape index (κ2) is 6.18. The summed E-state index contributed by atoms with van der Waals surface area (Å²) in [5, 5.41) is 8.95. The van der Waals surface area contributed by atoms with Crippen LogP contribution in [-0.4, -0.2) is 5.97 Å². The van der Waals surface area contributed by atoms with Crippen LogP contribution in [0, 0.1) is 17.1 Å². The van der Waals surface area contributed by atoms with Crippen LogP contribution in [0.2, 0.25) is 5.02 Å². The highest BCUT2D eigenvalue weighted by molar-refractivity contribution is 6.31. The van der Waals surface area contributed by atoms with Crippen molar-refractivity contribution in [2.45, 2.75) is 6.61 Å². The molecule has 2 rings (SSSR count). The molecule has 0 aliphatic heterocycles. The number of ether oxygens (including phenoxy) is 1. The van der Waals surface area contributed by atoms with E-state index in [2.05, 4.69) is 0 Å². The lowest BCUT2D eigenvalue weighted by Crippen LogP contribution is -2.06. The molecule has 0 atom stereocenters. The molecule has 0 spiro atoms. The Morgan fingerprint density at radius 3 is 2.75 bits per heavy atom. The minimum atomic E-state index is -0.638. The lowest BCUT2D eigenvalue weighted by atomic mass is 10.1. The van der Waals surface area contributed by atoms with E-state index < -0.39 is 11.8 Å². The molecular formula is C15H9ClFNO2. The second-order valence-electron chi connectivity index (χ2n) is 3.97. The van der Waals surface area contributed by atoms with Gasteiger partial charge < -0.3 is 4.74 Å². The van der Waals surface area contributed by atoms with Crippen molar-refractivity contribution in [1.29, 1.82) is 5.26 Å². The summed E-state index contributed by atoms with van der Waals surface area (Å²) in [6.45, 7) is -0.263. The number of halogens is 2. The lowest BCUT2D eigenvalue weighted by molar-refractivity contribution is 0.0469. The first kappa shape index (κ1) is 14.0. The maximum atomic E-state index is 13.5. The van der Waals surface area contributed by atoms with Gasteiger partial charge >= 0.3 is 5.97 Å². The van der Waals surface area contributed by atoms with Gasteiger partial charge in [-0.1, -0.05) is 23.7 Å². The standard InChI is InChI=1S/C15H9ClFNO2/c16-13-5-2-6-14(17)12(13)9-20-15(19)11-4-1-3-10(7-11)8-18/h1-7H,9H2. The van der Waals surface area contributed by atoms with E-state index in [1.807, 2.05) is 6.07 Å². The zero-order valence-electron chi connectivity index (χ0n) is 10.3. The molecule has 0 heterocycles. The molecule has 0 aliphatic carbocycles. The number of carbonyl (C=O) groups excluding carboxylic acids is 1. The van der Waals surface area contributed by atoms with Crippen molar-refractivity contribution in [2.75, 3.05) is 0 Å². The molecule has 0 bridgehead atoms. The molecule has 0 unspecified atom stereocenters. The zero-order chi connectivity index (χ0) is 14.5. The van der Waals surface area contributed by atoms with Gasteiger partial charge in [0.05, 0.1) is 22.2 Å². The highest BCUT2D eigenvalue weighted by Gasteiger charge is 2.12. The van der Waals surface area contributed by atoms with Crippen LogP contribution in [0.3, 0.4) is 0 Å². The first-order valence-corrected chi connectivity index (χ1v) is 6.10. The number of carbonyl (C=O) groups is 1. The average molecular weight is 290 g/mol. The molecule has 100 valence electrons. The van der Waals surface area contributed by atoms with Crippen molar-refractivity contribution in [3.05, 3.63) is 70.0 Å². The largest absolute Gasteiger partial charge is 0.457 e. The summed E-state index contributed by atoms with van der Waals surface area (Å²) in [6.07, 6.45) is 0. The second-order valence-corrected chi connectivity index (χ2v) is 4.38. The quantitative estimate of drug-likeness (QED) is 0.809. The van der Waals surface area contributed by atoms with Crippen molar-refractivity contribution in [3.8, 4) is 6.07 Å². The Balaban J connectivity index is 2.11. The monoisotopic (exact) mass is 289 g/mol. The van der Waals surface area contributed by atoms with Crippen LogP contribution in [0.15, 0.2) is 42.5 Å². The molecule has 5 heteroatoms. The summed E-state index contributed by atoms with van der Waals surface area (Å²) >= 11 is 5.83. The summed E-state index contributed by atoms with van der Waals surface area (Å²) in [5.74, 6) is -1.17. The number of rotatable bonds is 3. The normalized spacial score (nSPS) is 9.85. The van der Waals surface area contributed by atoms with E-state index in [9.17, 15) is 9.18 Å². The van der Waals surface area contributed by atoms with Crippen LogP contribution in [0.4, 0.5) is 4.39 Å². The summed E-state index contributed by atoms with van der Waals surface area (Å²) in [5.41, 5.74) is 0.707. The number of nitrogens with zero attached hydrogens (tertiary/aromatic N) is 1. The van der Waals surface area contributed by atoms with E-state index in [0.717, 1.165) is 0 Å². The molecule has 0 saturated heterocycles. The molecular weight excluding hydrogens is 281 g/mol. The van der Waals surface area contributed by atoms with Crippen molar-refractivity contribution >= 4 is 17.6 Å². The van der Waals surface area contributed by atoms with Gasteiger partial charge in [-0.25, -0.2) is 9.18 Å². The highest BCUT2D eigenvalue weighted by Crippen LogP contribution is 2.20. The molecule has 20 heavy (non-hydrogen) atoms. The molecule has 0 amide bonds. The van der Waals surface area contributed by atoms with Gasteiger partial charge in [0, 0.05) is 5.56 Å². The minimum absolute atomic E-state index is 0.124. The summed E-state index contributed by atoms with van der Waals surface area (Å²) in [6, 6.07) is 12.2. The Kier molecular flexibility index (Phi) is 4.34. The van der Waals surface area contributed by atoms with Gasteiger partial charge in [-0.05, 0) is 30.3 Å². The molecule has 0 aromatic heterocycles. The van der Waals surface area contributed by atoms with Crippen molar-refractivity contribution in [1.82, 2.24) is 0 Å². The highest BCUT2D eigenvalue weighted by atomic mass is 35.5. The first-order chi connectivity index (χ1) is 9.61. The Bertz CT molecular complexity index is 674. The molecule has 2 aromatic rings. The molecule has 3 nitrogen and oxygen atoms in total. The number of hydrogen-bond donors (Lipinski definition) is 0.